The largest absolute Gasteiger partial charge is 0.493 e. The average molecular weight is 366 g/mol. The van der Waals surface area contributed by atoms with Crippen LogP contribution in [0.25, 0.3) is 6.08 Å². The van der Waals surface area contributed by atoms with Gasteiger partial charge in [0.05, 0.1) is 7.11 Å². The first-order valence-corrected chi connectivity index (χ1v) is 7.95. The van der Waals surface area contributed by atoms with Crippen molar-refractivity contribution in [1.82, 2.24) is 0 Å². The molecule has 1 amide bonds. The molecule has 7 nitrogen and oxygen atoms in total. The number of nitrogens with one attached hydrogen (secondary N) is 1. The van der Waals surface area contributed by atoms with Crippen LogP contribution in [0.5, 0.6) is 11.5 Å². The Kier molecular flexibility index (Phi) is 6.55. The van der Waals surface area contributed by atoms with Crippen molar-refractivity contribution in [3.63, 3.8) is 0 Å². The second-order valence-corrected chi connectivity index (χ2v) is 5.59. The number of methoxy groups -OCH3 is 1. The lowest BCUT2D eigenvalue weighted by molar-refractivity contribution is -0.139. The first-order valence-electron chi connectivity index (χ1n) is 7.95. The second-order valence-electron chi connectivity index (χ2n) is 5.59. The highest BCUT2D eigenvalue weighted by Gasteiger charge is 2.12. The molecule has 0 aliphatic rings. The molecule has 2 aromatic rings. The van der Waals surface area contributed by atoms with E-state index in [4.69, 9.17) is 14.6 Å². The lowest BCUT2D eigenvalue weighted by atomic mass is 10.1. The molecule has 0 spiro atoms. The van der Waals surface area contributed by atoms with Crippen LogP contribution in [0.1, 0.15) is 11.1 Å². The highest BCUT2D eigenvalue weighted by atomic mass is 16.5. The normalized spacial score (nSPS) is 10.6. The van der Waals surface area contributed by atoms with Crippen molar-refractivity contribution in [3.8, 4) is 17.6 Å². The number of carboxylic acid groups (broad SMARTS) is 1. The summed E-state index contributed by atoms with van der Waals surface area (Å²) in [6, 6.07) is 13.8. The predicted molar refractivity (Wildman–Crippen MR) is 99.5 cm³/mol. The van der Waals surface area contributed by atoms with Gasteiger partial charge in [-0.05, 0) is 48.4 Å². The van der Waals surface area contributed by atoms with E-state index in [1.54, 1.807) is 30.3 Å². The van der Waals surface area contributed by atoms with Gasteiger partial charge in [-0.2, -0.15) is 5.26 Å². The number of carboxylic acids is 1. The van der Waals surface area contributed by atoms with Gasteiger partial charge in [0, 0.05) is 5.69 Å². The van der Waals surface area contributed by atoms with Crippen molar-refractivity contribution in [2.45, 2.75) is 6.92 Å². The third kappa shape index (κ3) is 5.61. The highest BCUT2D eigenvalue weighted by Crippen LogP contribution is 2.29. The first-order chi connectivity index (χ1) is 12.9. The van der Waals surface area contributed by atoms with Gasteiger partial charge in [-0.1, -0.05) is 18.2 Å². The molecule has 2 N–H and O–H groups in total. The number of ether oxygens (including phenoxy) is 2. The quantitative estimate of drug-likeness (QED) is 0.576. The zero-order chi connectivity index (χ0) is 19.8. The van der Waals surface area contributed by atoms with Gasteiger partial charge in [-0.3, -0.25) is 4.79 Å². The first kappa shape index (κ1) is 19.5. The smallest absolute Gasteiger partial charge is 0.341 e. The molecule has 0 radical (unpaired) electrons. The molecule has 0 bridgehead atoms. The summed E-state index contributed by atoms with van der Waals surface area (Å²) >= 11 is 0. The van der Waals surface area contributed by atoms with Crippen LogP contribution in [0, 0.1) is 18.3 Å². The summed E-state index contributed by atoms with van der Waals surface area (Å²) < 4.78 is 10.3. The van der Waals surface area contributed by atoms with E-state index in [2.05, 4.69) is 5.32 Å². The Balaban J connectivity index is 2.22. The topological polar surface area (TPSA) is 109 Å². The molecule has 0 aromatic heterocycles. The van der Waals surface area contributed by atoms with Gasteiger partial charge in [0.15, 0.2) is 18.1 Å². The molecule has 0 saturated heterocycles. The number of amides is 1. The summed E-state index contributed by atoms with van der Waals surface area (Å²) in [5, 5.41) is 20.7. The molecule has 0 saturated carbocycles. The van der Waals surface area contributed by atoms with Gasteiger partial charge >= 0.3 is 5.97 Å². The number of aliphatic carboxylic acids is 1. The number of hydrogen-bond acceptors (Lipinski definition) is 5. The van der Waals surface area contributed by atoms with Gasteiger partial charge < -0.3 is 19.9 Å². The van der Waals surface area contributed by atoms with Crippen LogP contribution in [0.2, 0.25) is 0 Å². The summed E-state index contributed by atoms with van der Waals surface area (Å²) in [6.07, 6.45) is 1.41. The monoisotopic (exact) mass is 366 g/mol. The van der Waals surface area contributed by atoms with E-state index in [0.717, 1.165) is 5.56 Å². The Morgan fingerprint density at radius 3 is 2.63 bits per heavy atom. The van der Waals surface area contributed by atoms with Gasteiger partial charge in [0.1, 0.15) is 11.6 Å². The molecular formula is C20H18N2O5. The second kappa shape index (κ2) is 9.06. The highest BCUT2D eigenvalue weighted by molar-refractivity contribution is 6.09. The maximum absolute atomic E-state index is 12.3. The number of carbonyl (C=O) groups excluding carboxylic acids is 1. The zero-order valence-electron chi connectivity index (χ0n) is 14.9. The van der Waals surface area contributed by atoms with E-state index < -0.39 is 18.5 Å². The summed E-state index contributed by atoms with van der Waals surface area (Å²) in [5.41, 5.74) is 2.02. The Hall–Kier alpha value is -3.79. The van der Waals surface area contributed by atoms with E-state index in [0.29, 0.717) is 17.0 Å². The number of carbonyl (C=O) groups is 2. The summed E-state index contributed by atoms with van der Waals surface area (Å²) in [5.74, 6) is -1.10. The Morgan fingerprint density at radius 1 is 1.22 bits per heavy atom. The maximum Gasteiger partial charge on any atom is 0.341 e. The van der Waals surface area contributed by atoms with Crippen molar-refractivity contribution in [3.05, 3.63) is 59.2 Å². The number of benzene rings is 2. The van der Waals surface area contributed by atoms with Crippen LogP contribution in [-0.2, 0) is 9.59 Å². The SMILES string of the molecule is COc1cc(C=C(C#N)C(=O)Nc2cccc(C)c2)ccc1OCC(=O)O. The lowest BCUT2D eigenvalue weighted by Gasteiger charge is -2.10. The number of aryl methyl sites for hydroxylation is 1. The third-order valence-electron chi connectivity index (χ3n) is 3.49. The molecule has 0 atom stereocenters. The number of rotatable bonds is 7. The lowest BCUT2D eigenvalue weighted by Crippen LogP contribution is -2.13. The van der Waals surface area contributed by atoms with Crippen LogP contribution in [0.15, 0.2) is 48.0 Å². The molecule has 2 aromatic carbocycles. The van der Waals surface area contributed by atoms with Crippen LogP contribution >= 0.6 is 0 Å². The molecule has 27 heavy (non-hydrogen) atoms. The fraction of sp³-hybridized carbons (Fsp3) is 0.150. The fourth-order valence-electron chi connectivity index (χ4n) is 2.27. The van der Waals surface area contributed by atoms with E-state index >= 15 is 0 Å². The van der Waals surface area contributed by atoms with E-state index in [9.17, 15) is 14.9 Å². The number of nitrogens with zero attached hydrogens (tertiary/aromatic N) is 1. The van der Waals surface area contributed by atoms with Crippen molar-refractivity contribution < 1.29 is 24.2 Å². The summed E-state index contributed by atoms with van der Waals surface area (Å²) in [6.45, 7) is 1.39. The molecular weight excluding hydrogens is 348 g/mol. The van der Waals surface area contributed by atoms with Crippen LogP contribution in [0.3, 0.4) is 0 Å². The Morgan fingerprint density at radius 2 is 2.00 bits per heavy atom. The van der Waals surface area contributed by atoms with Gasteiger partial charge in [0.25, 0.3) is 5.91 Å². The van der Waals surface area contributed by atoms with Gasteiger partial charge in [0.2, 0.25) is 0 Å². The molecule has 0 aliphatic heterocycles. The van der Waals surface area contributed by atoms with Crippen molar-refractivity contribution in [2.24, 2.45) is 0 Å². The molecule has 0 fully saturated rings. The van der Waals surface area contributed by atoms with E-state index in [1.807, 2.05) is 19.1 Å². The third-order valence-corrected chi connectivity index (χ3v) is 3.49. The molecule has 7 heteroatoms. The van der Waals surface area contributed by atoms with Crippen molar-refractivity contribution in [2.75, 3.05) is 19.0 Å². The fourth-order valence-corrected chi connectivity index (χ4v) is 2.27. The molecule has 0 unspecified atom stereocenters. The average Bonchev–Trinajstić information content (AvgIpc) is 2.64. The van der Waals surface area contributed by atoms with Crippen LogP contribution < -0.4 is 14.8 Å². The minimum absolute atomic E-state index is 0.0854. The van der Waals surface area contributed by atoms with Crippen LogP contribution in [0.4, 0.5) is 5.69 Å². The number of hydrogen-bond donors (Lipinski definition) is 2. The Bertz CT molecular complexity index is 928. The van der Waals surface area contributed by atoms with Crippen molar-refractivity contribution >= 4 is 23.6 Å². The minimum Gasteiger partial charge on any atom is -0.493 e. The predicted octanol–water partition coefficient (Wildman–Crippen LogP) is 3.01. The van der Waals surface area contributed by atoms with E-state index in [1.165, 1.54) is 19.3 Å². The molecule has 0 heterocycles. The number of nitriles is 1. The van der Waals surface area contributed by atoms with E-state index in [-0.39, 0.29) is 11.3 Å². The maximum atomic E-state index is 12.3. The van der Waals surface area contributed by atoms with Crippen molar-refractivity contribution in [1.29, 1.82) is 5.26 Å². The summed E-state index contributed by atoms with van der Waals surface area (Å²) in [7, 11) is 1.41. The van der Waals surface area contributed by atoms with Crippen LogP contribution in [-0.4, -0.2) is 30.7 Å². The molecule has 138 valence electrons. The minimum atomic E-state index is -1.11. The Labute approximate surface area is 156 Å². The summed E-state index contributed by atoms with van der Waals surface area (Å²) in [4.78, 5) is 22.9. The molecule has 0 aliphatic carbocycles. The zero-order valence-corrected chi connectivity index (χ0v) is 14.9. The van der Waals surface area contributed by atoms with Gasteiger partial charge in [-0.15, -0.1) is 0 Å². The van der Waals surface area contributed by atoms with Gasteiger partial charge in [-0.25, -0.2) is 4.79 Å². The number of anilines is 1. The standard InChI is InChI=1S/C20H18N2O5/c1-13-4-3-5-16(8-13)22-20(25)15(11-21)9-14-6-7-17(18(10-14)26-2)27-12-19(23)24/h3-10H,12H2,1-2H3,(H,22,25)(H,23,24). The molecule has 2 rings (SSSR count).